The summed E-state index contributed by atoms with van der Waals surface area (Å²) in [5.41, 5.74) is 1.69. The number of nitrogens with zero attached hydrogens (tertiary/aromatic N) is 2. The lowest BCUT2D eigenvalue weighted by Crippen LogP contribution is -2.55. The summed E-state index contributed by atoms with van der Waals surface area (Å²) in [6, 6.07) is 6.49. The summed E-state index contributed by atoms with van der Waals surface area (Å²) < 4.78 is 18.9. The number of carbonyl (C=O) groups is 1. The van der Waals surface area contributed by atoms with E-state index in [1.54, 1.807) is 18.3 Å². The van der Waals surface area contributed by atoms with Crippen LogP contribution in [0.1, 0.15) is 25.7 Å². The molecular weight excluding hydrogens is 353 g/mol. The largest absolute Gasteiger partial charge is 0.374 e. The quantitative estimate of drug-likeness (QED) is 0.832. The maximum Gasteiger partial charge on any atom is 0.233 e. The number of halogens is 1. The highest BCUT2D eigenvalue weighted by molar-refractivity contribution is 7.99. The number of thioether (sulfide) groups is 1. The molecule has 5 nitrogen and oxygen atoms in total. The molecule has 1 amide bonds. The third kappa shape index (κ3) is 3.78. The Hall–Kier alpha value is -1.86. The molecular formula is C19H22FN3O2S. The molecule has 2 aliphatic rings. The Morgan fingerprint density at radius 1 is 1.31 bits per heavy atom. The summed E-state index contributed by atoms with van der Waals surface area (Å²) in [6.07, 6.45) is 6.38. The number of aromatic nitrogens is 2. The van der Waals surface area contributed by atoms with Crippen LogP contribution in [0.2, 0.25) is 0 Å². The summed E-state index contributed by atoms with van der Waals surface area (Å²) in [5, 5.41) is 0.700. The molecule has 1 saturated carbocycles. The van der Waals surface area contributed by atoms with E-state index in [1.807, 2.05) is 4.90 Å². The number of morpholine rings is 1. The molecule has 1 aliphatic carbocycles. The molecule has 1 aromatic heterocycles. The molecule has 0 bridgehead atoms. The second-order valence-corrected chi connectivity index (χ2v) is 7.71. The predicted molar refractivity (Wildman–Crippen MR) is 98.4 cm³/mol. The van der Waals surface area contributed by atoms with E-state index in [0.717, 1.165) is 24.1 Å². The van der Waals surface area contributed by atoms with E-state index in [1.165, 1.54) is 36.7 Å². The number of carbonyl (C=O) groups excluding carboxylic acids is 1. The van der Waals surface area contributed by atoms with Crippen LogP contribution in [0.15, 0.2) is 35.6 Å². The molecule has 2 fully saturated rings. The molecule has 1 saturated heterocycles. The van der Waals surface area contributed by atoms with Crippen molar-refractivity contribution in [3.8, 4) is 11.3 Å². The van der Waals surface area contributed by atoms with E-state index in [2.05, 4.69) is 9.97 Å². The summed E-state index contributed by atoms with van der Waals surface area (Å²) in [7, 11) is 0. The number of imidazole rings is 1. The van der Waals surface area contributed by atoms with Gasteiger partial charge in [0.2, 0.25) is 5.91 Å². The first-order valence-electron chi connectivity index (χ1n) is 9.05. The Bertz CT molecular complexity index is 762. The van der Waals surface area contributed by atoms with Gasteiger partial charge in [-0.1, -0.05) is 24.6 Å². The number of amides is 1. The normalized spacial score (nSPS) is 22.9. The Kier molecular flexibility index (Phi) is 5.26. The third-order valence-corrected chi connectivity index (χ3v) is 5.96. The highest BCUT2D eigenvalue weighted by Crippen LogP contribution is 2.29. The first-order chi connectivity index (χ1) is 12.7. The summed E-state index contributed by atoms with van der Waals surface area (Å²) >= 11 is 1.41. The molecule has 2 heterocycles. The average molecular weight is 375 g/mol. The molecule has 2 atom stereocenters. The van der Waals surface area contributed by atoms with Crippen LogP contribution in [-0.2, 0) is 9.53 Å². The van der Waals surface area contributed by atoms with Crippen LogP contribution in [0.5, 0.6) is 0 Å². The first kappa shape index (κ1) is 17.5. The van der Waals surface area contributed by atoms with E-state index in [9.17, 15) is 9.18 Å². The molecule has 2 aromatic rings. The Labute approximate surface area is 156 Å². The van der Waals surface area contributed by atoms with Crippen molar-refractivity contribution in [2.45, 2.75) is 43.0 Å². The zero-order valence-corrected chi connectivity index (χ0v) is 15.3. The van der Waals surface area contributed by atoms with Crippen LogP contribution >= 0.6 is 11.8 Å². The second kappa shape index (κ2) is 7.80. The number of H-pyrrole nitrogens is 1. The van der Waals surface area contributed by atoms with Crippen LogP contribution in [0.3, 0.4) is 0 Å². The van der Waals surface area contributed by atoms with Gasteiger partial charge in [-0.05, 0) is 42.7 Å². The fourth-order valence-electron chi connectivity index (χ4n) is 3.77. The number of hydrogen-bond acceptors (Lipinski definition) is 4. The van der Waals surface area contributed by atoms with Gasteiger partial charge in [-0.15, -0.1) is 0 Å². The van der Waals surface area contributed by atoms with Crippen molar-refractivity contribution in [1.29, 1.82) is 0 Å². The van der Waals surface area contributed by atoms with Gasteiger partial charge in [-0.3, -0.25) is 4.79 Å². The standard InChI is InChI=1S/C19H22FN3O2S/c20-14-7-5-13(6-8-14)15-11-21-19(22-15)26-12-18(24)23-9-10-25-17-4-2-1-3-16(17)23/h5-8,11,16-17H,1-4,9-10,12H2,(H,21,22)/t16-,17+/m1/s1. The molecule has 0 radical (unpaired) electrons. The zero-order valence-electron chi connectivity index (χ0n) is 14.5. The maximum atomic E-state index is 13.0. The Morgan fingerprint density at radius 2 is 2.12 bits per heavy atom. The van der Waals surface area contributed by atoms with Crippen molar-refractivity contribution in [3.05, 3.63) is 36.3 Å². The van der Waals surface area contributed by atoms with Crippen molar-refractivity contribution < 1.29 is 13.9 Å². The molecule has 138 valence electrons. The van der Waals surface area contributed by atoms with E-state index >= 15 is 0 Å². The third-order valence-electron chi connectivity index (χ3n) is 5.09. The molecule has 1 aliphatic heterocycles. The lowest BCUT2D eigenvalue weighted by Gasteiger charge is -2.43. The molecule has 0 unspecified atom stereocenters. The molecule has 26 heavy (non-hydrogen) atoms. The summed E-state index contributed by atoms with van der Waals surface area (Å²) in [6.45, 7) is 1.31. The van der Waals surface area contributed by atoms with Crippen molar-refractivity contribution in [3.63, 3.8) is 0 Å². The number of aromatic amines is 1. The topological polar surface area (TPSA) is 58.2 Å². The van der Waals surface area contributed by atoms with Gasteiger partial charge in [0.05, 0.1) is 36.4 Å². The fraction of sp³-hybridized carbons (Fsp3) is 0.474. The number of nitrogens with one attached hydrogen (secondary N) is 1. The lowest BCUT2D eigenvalue weighted by atomic mass is 9.90. The van der Waals surface area contributed by atoms with Gasteiger partial charge < -0.3 is 14.6 Å². The van der Waals surface area contributed by atoms with Crippen molar-refractivity contribution in [2.24, 2.45) is 0 Å². The van der Waals surface area contributed by atoms with E-state index in [0.29, 0.717) is 24.1 Å². The van der Waals surface area contributed by atoms with E-state index in [4.69, 9.17) is 4.74 Å². The van der Waals surface area contributed by atoms with Crippen LogP contribution in [0, 0.1) is 5.82 Å². The van der Waals surface area contributed by atoms with Gasteiger partial charge >= 0.3 is 0 Å². The number of rotatable bonds is 4. The van der Waals surface area contributed by atoms with Gasteiger partial charge in [0.25, 0.3) is 0 Å². The number of fused-ring (bicyclic) bond motifs is 1. The van der Waals surface area contributed by atoms with Crippen molar-refractivity contribution in [2.75, 3.05) is 18.9 Å². The highest BCUT2D eigenvalue weighted by atomic mass is 32.2. The maximum absolute atomic E-state index is 13.0. The number of benzene rings is 1. The van der Waals surface area contributed by atoms with Crippen molar-refractivity contribution in [1.82, 2.24) is 14.9 Å². The number of hydrogen-bond donors (Lipinski definition) is 1. The smallest absolute Gasteiger partial charge is 0.233 e. The molecule has 0 spiro atoms. The Balaban J connectivity index is 1.36. The highest BCUT2D eigenvalue weighted by Gasteiger charge is 2.36. The monoisotopic (exact) mass is 375 g/mol. The lowest BCUT2D eigenvalue weighted by molar-refractivity contribution is -0.146. The summed E-state index contributed by atoms with van der Waals surface area (Å²) in [5.74, 6) is 0.245. The predicted octanol–water partition coefficient (Wildman–Crippen LogP) is 3.48. The SMILES string of the molecule is O=C(CSc1ncc(-c2ccc(F)cc2)[nH]1)N1CCO[C@H]2CCCC[C@H]21. The van der Waals surface area contributed by atoms with E-state index in [-0.39, 0.29) is 23.9 Å². The average Bonchev–Trinajstić information content (AvgIpc) is 3.15. The minimum absolute atomic E-state index is 0.148. The minimum atomic E-state index is -0.264. The van der Waals surface area contributed by atoms with Gasteiger partial charge in [-0.2, -0.15) is 0 Å². The first-order valence-corrected chi connectivity index (χ1v) is 10.0. The van der Waals surface area contributed by atoms with Crippen LogP contribution in [0.25, 0.3) is 11.3 Å². The second-order valence-electron chi connectivity index (χ2n) is 6.75. The number of ether oxygens (including phenoxy) is 1. The van der Waals surface area contributed by atoms with Crippen molar-refractivity contribution >= 4 is 17.7 Å². The van der Waals surface area contributed by atoms with Crippen LogP contribution in [-0.4, -0.2) is 51.8 Å². The van der Waals surface area contributed by atoms with Gasteiger partial charge in [-0.25, -0.2) is 9.37 Å². The summed E-state index contributed by atoms with van der Waals surface area (Å²) in [4.78, 5) is 22.2. The minimum Gasteiger partial charge on any atom is -0.374 e. The fourth-order valence-corrected chi connectivity index (χ4v) is 4.51. The van der Waals surface area contributed by atoms with Crippen LogP contribution < -0.4 is 0 Å². The van der Waals surface area contributed by atoms with Crippen LogP contribution in [0.4, 0.5) is 4.39 Å². The molecule has 7 heteroatoms. The van der Waals surface area contributed by atoms with Gasteiger partial charge in [0.15, 0.2) is 5.16 Å². The van der Waals surface area contributed by atoms with E-state index < -0.39 is 0 Å². The van der Waals surface area contributed by atoms with Gasteiger partial charge in [0, 0.05) is 6.54 Å². The molecule has 1 aromatic carbocycles. The van der Waals surface area contributed by atoms with Gasteiger partial charge in [0.1, 0.15) is 5.82 Å². The molecule has 1 N–H and O–H groups in total. The Morgan fingerprint density at radius 3 is 2.96 bits per heavy atom. The zero-order chi connectivity index (χ0) is 17.9. The molecule has 4 rings (SSSR count).